The third kappa shape index (κ3) is 3.01. The molecular formula is C17H26N2. The molecule has 2 nitrogen and oxygen atoms in total. The van der Waals surface area contributed by atoms with E-state index in [4.69, 9.17) is 0 Å². The summed E-state index contributed by atoms with van der Waals surface area (Å²) in [7, 11) is 2.22. The van der Waals surface area contributed by atoms with E-state index in [-0.39, 0.29) is 5.54 Å². The average molecular weight is 258 g/mol. The summed E-state index contributed by atoms with van der Waals surface area (Å²) in [6.45, 7) is 9.77. The number of anilines is 1. The number of nitrogens with zero attached hydrogens (tertiary/aromatic N) is 1. The van der Waals surface area contributed by atoms with Crippen molar-refractivity contribution in [2.45, 2.75) is 38.3 Å². The molecule has 0 radical (unpaired) electrons. The standard InChI is InChI=1S/C17H26N2/c1-5-11-17(18-16-9-7-6-8-10-16)12-15(3)19(4)13-14(17)2/h5-10,14-15,18H,1,11-13H2,2-4H3/t14-,15+,17-/m0/s1. The number of piperidine rings is 1. The van der Waals surface area contributed by atoms with Crippen LogP contribution in [0, 0.1) is 5.92 Å². The Hall–Kier alpha value is -1.28. The molecule has 1 N–H and O–H groups in total. The molecule has 1 aromatic carbocycles. The summed E-state index contributed by atoms with van der Waals surface area (Å²) in [5.74, 6) is 0.604. The molecular weight excluding hydrogens is 232 g/mol. The van der Waals surface area contributed by atoms with Gasteiger partial charge in [0.2, 0.25) is 0 Å². The van der Waals surface area contributed by atoms with Gasteiger partial charge in [0.05, 0.1) is 0 Å². The van der Waals surface area contributed by atoms with Gasteiger partial charge in [0.1, 0.15) is 0 Å². The first-order chi connectivity index (χ1) is 9.07. The number of hydrogen-bond acceptors (Lipinski definition) is 2. The minimum atomic E-state index is 0.134. The fraction of sp³-hybridized carbons (Fsp3) is 0.529. The molecule has 0 unspecified atom stereocenters. The number of hydrogen-bond donors (Lipinski definition) is 1. The van der Waals surface area contributed by atoms with E-state index in [0.717, 1.165) is 19.4 Å². The molecule has 0 bridgehead atoms. The molecule has 0 aromatic heterocycles. The molecule has 1 saturated heterocycles. The summed E-state index contributed by atoms with van der Waals surface area (Å²) in [5, 5.41) is 3.80. The van der Waals surface area contributed by atoms with E-state index in [1.807, 2.05) is 0 Å². The van der Waals surface area contributed by atoms with Crippen LogP contribution in [-0.2, 0) is 0 Å². The second kappa shape index (κ2) is 5.79. The minimum Gasteiger partial charge on any atom is -0.379 e. The lowest BCUT2D eigenvalue weighted by molar-refractivity contribution is 0.0928. The highest BCUT2D eigenvalue weighted by atomic mass is 15.2. The van der Waals surface area contributed by atoms with Crippen molar-refractivity contribution < 1.29 is 0 Å². The molecule has 0 spiro atoms. The number of likely N-dealkylation sites (tertiary alicyclic amines) is 1. The van der Waals surface area contributed by atoms with Gasteiger partial charge < -0.3 is 10.2 Å². The lowest BCUT2D eigenvalue weighted by Gasteiger charge is -2.49. The molecule has 1 heterocycles. The zero-order valence-electron chi connectivity index (χ0n) is 12.4. The molecule has 1 aliphatic heterocycles. The van der Waals surface area contributed by atoms with E-state index in [9.17, 15) is 0 Å². The number of rotatable bonds is 4. The van der Waals surface area contributed by atoms with Gasteiger partial charge >= 0.3 is 0 Å². The Labute approximate surface area is 117 Å². The van der Waals surface area contributed by atoms with Crippen LogP contribution in [0.25, 0.3) is 0 Å². The molecule has 1 aromatic rings. The normalized spacial score (nSPS) is 31.9. The average Bonchev–Trinajstić information content (AvgIpc) is 2.38. The van der Waals surface area contributed by atoms with E-state index in [1.54, 1.807) is 0 Å². The van der Waals surface area contributed by atoms with Crippen molar-refractivity contribution in [2.24, 2.45) is 5.92 Å². The van der Waals surface area contributed by atoms with Gasteiger partial charge in [-0.25, -0.2) is 0 Å². The third-order valence-electron chi connectivity index (χ3n) is 4.59. The monoisotopic (exact) mass is 258 g/mol. The summed E-state index contributed by atoms with van der Waals surface area (Å²) >= 11 is 0. The first-order valence-corrected chi connectivity index (χ1v) is 7.22. The molecule has 0 aliphatic carbocycles. The summed E-state index contributed by atoms with van der Waals surface area (Å²) < 4.78 is 0. The quantitative estimate of drug-likeness (QED) is 0.827. The van der Waals surface area contributed by atoms with Crippen molar-refractivity contribution in [2.75, 3.05) is 18.9 Å². The Balaban J connectivity index is 2.24. The lowest BCUT2D eigenvalue weighted by Crippen LogP contribution is -2.57. The highest BCUT2D eigenvalue weighted by Crippen LogP contribution is 2.37. The van der Waals surface area contributed by atoms with Crippen molar-refractivity contribution >= 4 is 5.69 Å². The molecule has 0 saturated carbocycles. The molecule has 1 fully saturated rings. The van der Waals surface area contributed by atoms with Crippen LogP contribution in [0.3, 0.4) is 0 Å². The predicted octanol–water partition coefficient (Wildman–Crippen LogP) is 3.77. The fourth-order valence-electron chi connectivity index (χ4n) is 3.25. The third-order valence-corrected chi connectivity index (χ3v) is 4.59. The molecule has 19 heavy (non-hydrogen) atoms. The maximum atomic E-state index is 3.97. The maximum Gasteiger partial charge on any atom is 0.0460 e. The highest BCUT2D eigenvalue weighted by molar-refractivity contribution is 5.46. The topological polar surface area (TPSA) is 15.3 Å². The number of benzene rings is 1. The van der Waals surface area contributed by atoms with E-state index in [0.29, 0.717) is 12.0 Å². The van der Waals surface area contributed by atoms with Gasteiger partial charge in [-0.3, -0.25) is 0 Å². The van der Waals surface area contributed by atoms with E-state index < -0.39 is 0 Å². The largest absolute Gasteiger partial charge is 0.379 e. The van der Waals surface area contributed by atoms with Gasteiger partial charge in [-0.2, -0.15) is 0 Å². The van der Waals surface area contributed by atoms with Crippen molar-refractivity contribution in [3.05, 3.63) is 43.0 Å². The zero-order chi connectivity index (χ0) is 13.9. The van der Waals surface area contributed by atoms with Crippen LogP contribution in [0.4, 0.5) is 5.69 Å². The zero-order valence-corrected chi connectivity index (χ0v) is 12.4. The van der Waals surface area contributed by atoms with Crippen LogP contribution >= 0.6 is 0 Å². The van der Waals surface area contributed by atoms with Crippen molar-refractivity contribution in [3.63, 3.8) is 0 Å². The van der Waals surface area contributed by atoms with Crippen LogP contribution in [0.15, 0.2) is 43.0 Å². The fourth-order valence-corrected chi connectivity index (χ4v) is 3.25. The summed E-state index contributed by atoms with van der Waals surface area (Å²) in [6, 6.07) is 11.2. The molecule has 104 valence electrons. The van der Waals surface area contributed by atoms with E-state index >= 15 is 0 Å². The van der Waals surface area contributed by atoms with Crippen LogP contribution in [0.1, 0.15) is 26.7 Å². The summed E-state index contributed by atoms with van der Waals surface area (Å²) in [6.07, 6.45) is 4.23. The number of para-hydroxylation sites is 1. The van der Waals surface area contributed by atoms with Crippen molar-refractivity contribution in [1.29, 1.82) is 0 Å². The van der Waals surface area contributed by atoms with Crippen LogP contribution < -0.4 is 5.32 Å². The Morgan fingerprint density at radius 3 is 2.68 bits per heavy atom. The highest BCUT2D eigenvalue weighted by Gasteiger charge is 2.41. The first kappa shape index (κ1) is 14.1. The molecule has 2 heteroatoms. The Morgan fingerprint density at radius 2 is 2.05 bits per heavy atom. The Morgan fingerprint density at radius 1 is 1.37 bits per heavy atom. The van der Waals surface area contributed by atoms with Gasteiger partial charge in [0.15, 0.2) is 0 Å². The van der Waals surface area contributed by atoms with Gasteiger partial charge in [0, 0.05) is 23.8 Å². The van der Waals surface area contributed by atoms with Gasteiger partial charge in [-0.1, -0.05) is 31.2 Å². The van der Waals surface area contributed by atoms with Crippen molar-refractivity contribution in [3.8, 4) is 0 Å². The summed E-state index contributed by atoms with van der Waals surface area (Å²) in [5.41, 5.74) is 1.35. The smallest absolute Gasteiger partial charge is 0.0460 e. The molecule has 1 aliphatic rings. The molecule has 2 rings (SSSR count). The van der Waals surface area contributed by atoms with E-state index in [1.165, 1.54) is 5.69 Å². The maximum absolute atomic E-state index is 3.97. The van der Waals surface area contributed by atoms with Gasteiger partial charge in [-0.15, -0.1) is 6.58 Å². The first-order valence-electron chi connectivity index (χ1n) is 7.22. The number of nitrogens with one attached hydrogen (secondary N) is 1. The van der Waals surface area contributed by atoms with Gasteiger partial charge in [-0.05, 0) is 44.9 Å². The van der Waals surface area contributed by atoms with Crippen LogP contribution in [0.5, 0.6) is 0 Å². The van der Waals surface area contributed by atoms with Crippen LogP contribution in [-0.4, -0.2) is 30.1 Å². The molecule has 0 amide bonds. The van der Waals surface area contributed by atoms with E-state index in [2.05, 4.69) is 74.1 Å². The van der Waals surface area contributed by atoms with Gasteiger partial charge in [0.25, 0.3) is 0 Å². The minimum absolute atomic E-state index is 0.134. The predicted molar refractivity (Wildman–Crippen MR) is 83.5 cm³/mol. The van der Waals surface area contributed by atoms with Crippen molar-refractivity contribution in [1.82, 2.24) is 4.90 Å². The summed E-state index contributed by atoms with van der Waals surface area (Å²) in [4.78, 5) is 2.46. The Bertz CT molecular complexity index is 415. The lowest BCUT2D eigenvalue weighted by atomic mass is 9.73. The SMILES string of the molecule is C=CC[C@]1(Nc2ccccc2)C[C@@H](C)N(C)C[C@@H]1C. The van der Waals surface area contributed by atoms with Crippen LogP contribution in [0.2, 0.25) is 0 Å². The second-order valence-corrected chi connectivity index (χ2v) is 6.03. The molecule has 3 atom stereocenters. The Kier molecular flexibility index (Phi) is 4.31. The second-order valence-electron chi connectivity index (χ2n) is 6.03.